The van der Waals surface area contributed by atoms with Crippen molar-refractivity contribution >= 4 is 29.2 Å². The van der Waals surface area contributed by atoms with E-state index in [0.717, 1.165) is 12.1 Å². The SMILES string of the molecule is O=C(COC(=O)c1ccc(CO)cc1)Nc1cccc(N2CCCC2=O)c1. The number of anilines is 2. The molecule has 7 nitrogen and oxygen atoms in total. The van der Waals surface area contributed by atoms with Crippen molar-refractivity contribution in [2.45, 2.75) is 19.4 Å². The number of aliphatic hydroxyl groups is 1. The van der Waals surface area contributed by atoms with E-state index in [9.17, 15) is 14.4 Å². The highest BCUT2D eigenvalue weighted by Crippen LogP contribution is 2.24. The Labute approximate surface area is 156 Å². The number of benzene rings is 2. The zero-order valence-electron chi connectivity index (χ0n) is 14.7. The Kier molecular flexibility index (Phi) is 5.83. The molecule has 0 radical (unpaired) electrons. The molecule has 0 bridgehead atoms. The summed E-state index contributed by atoms with van der Waals surface area (Å²) in [7, 11) is 0. The maximum atomic E-state index is 12.0. The van der Waals surface area contributed by atoms with Crippen LogP contribution in [-0.2, 0) is 20.9 Å². The molecule has 0 unspecified atom stereocenters. The summed E-state index contributed by atoms with van der Waals surface area (Å²) in [6, 6.07) is 13.3. The Balaban J connectivity index is 1.54. The minimum atomic E-state index is -0.619. The number of ether oxygens (including phenoxy) is 1. The number of carbonyl (C=O) groups is 3. The normalized spacial score (nSPS) is 13.5. The molecule has 1 aliphatic heterocycles. The molecule has 1 saturated heterocycles. The molecule has 140 valence electrons. The van der Waals surface area contributed by atoms with Crippen LogP contribution in [0, 0.1) is 0 Å². The Morgan fingerprint density at radius 2 is 1.93 bits per heavy atom. The third-order valence-corrected chi connectivity index (χ3v) is 4.22. The number of rotatable bonds is 6. The number of esters is 1. The van der Waals surface area contributed by atoms with Gasteiger partial charge in [0.15, 0.2) is 6.61 Å². The van der Waals surface area contributed by atoms with Crippen molar-refractivity contribution in [2.24, 2.45) is 0 Å². The van der Waals surface area contributed by atoms with Crippen molar-refractivity contribution in [1.82, 2.24) is 0 Å². The van der Waals surface area contributed by atoms with Crippen LogP contribution in [0.25, 0.3) is 0 Å². The fourth-order valence-electron chi connectivity index (χ4n) is 2.83. The standard InChI is InChI=1S/C20H20N2O5/c23-12-14-6-8-15(9-7-14)20(26)27-13-18(24)21-16-3-1-4-17(11-16)22-10-2-5-19(22)25/h1,3-4,6-9,11,23H,2,5,10,12-13H2,(H,21,24). The molecule has 2 aromatic rings. The van der Waals surface area contributed by atoms with E-state index >= 15 is 0 Å². The third kappa shape index (κ3) is 4.71. The average Bonchev–Trinajstić information content (AvgIpc) is 3.12. The molecular formula is C20H20N2O5. The molecule has 2 amide bonds. The minimum absolute atomic E-state index is 0.0691. The van der Waals surface area contributed by atoms with Gasteiger partial charge in [0.1, 0.15) is 0 Å². The van der Waals surface area contributed by atoms with Crippen molar-refractivity contribution in [2.75, 3.05) is 23.4 Å². The van der Waals surface area contributed by atoms with Crippen LogP contribution in [0.1, 0.15) is 28.8 Å². The first-order valence-electron chi connectivity index (χ1n) is 8.64. The topological polar surface area (TPSA) is 95.9 Å². The lowest BCUT2D eigenvalue weighted by atomic mass is 10.1. The Hall–Kier alpha value is -3.19. The second-order valence-electron chi connectivity index (χ2n) is 6.18. The minimum Gasteiger partial charge on any atom is -0.452 e. The molecule has 1 aliphatic rings. The predicted octanol–water partition coefficient (Wildman–Crippen LogP) is 2.10. The molecule has 0 atom stereocenters. The highest BCUT2D eigenvalue weighted by Gasteiger charge is 2.21. The van der Waals surface area contributed by atoms with Gasteiger partial charge in [0.05, 0.1) is 12.2 Å². The molecular weight excluding hydrogens is 348 g/mol. The van der Waals surface area contributed by atoms with E-state index in [1.54, 1.807) is 35.2 Å². The molecule has 2 aromatic carbocycles. The van der Waals surface area contributed by atoms with Crippen LogP contribution >= 0.6 is 0 Å². The fraction of sp³-hybridized carbons (Fsp3) is 0.250. The lowest BCUT2D eigenvalue weighted by molar-refractivity contribution is -0.119. The zero-order valence-corrected chi connectivity index (χ0v) is 14.7. The monoisotopic (exact) mass is 368 g/mol. The molecule has 3 rings (SSSR count). The van der Waals surface area contributed by atoms with Crippen LogP contribution in [0.15, 0.2) is 48.5 Å². The number of hydrogen-bond donors (Lipinski definition) is 2. The maximum absolute atomic E-state index is 12.0. The first kappa shape index (κ1) is 18.6. The maximum Gasteiger partial charge on any atom is 0.338 e. The van der Waals surface area contributed by atoms with Gasteiger partial charge in [-0.05, 0) is 42.3 Å². The summed E-state index contributed by atoms with van der Waals surface area (Å²) in [6.45, 7) is 0.135. The van der Waals surface area contributed by atoms with Crippen LogP contribution in [0.3, 0.4) is 0 Å². The van der Waals surface area contributed by atoms with Gasteiger partial charge in [0.2, 0.25) is 5.91 Å². The second kappa shape index (κ2) is 8.46. The van der Waals surface area contributed by atoms with Gasteiger partial charge in [-0.2, -0.15) is 0 Å². The van der Waals surface area contributed by atoms with E-state index < -0.39 is 18.5 Å². The van der Waals surface area contributed by atoms with E-state index in [-0.39, 0.29) is 12.5 Å². The molecule has 2 N–H and O–H groups in total. The molecule has 7 heteroatoms. The van der Waals surface area contributed by atoms with Crippen molar-refractivity contribution in [1.29, 1.82) is 0 Å². The van der Waals surface area contributed by atoms with E-state index in [1.165, 1.54) is 12.1 Å². The lowest BCUT2D eigenvalue weighted by Gasteiger charge is -2.16. The van der Waals surface area contributed by atoms with E-state index in [4.69, 9.17) is 9.84 Å². The second-order valence-corrected chi connectivity index (χ2v) is 6.18. The van der Waals surface area contributed by atoms with Crippen molar-refractivity contribution in [3.05, 3.63) is 59.7 Å². The first-order chi connectivity index (χ1) is 13.1. The smallest absolute Gasteiger partial charge is 0.338 e. The van der Waals surface area contributed by atoms with Crippen LogP contribution in [0.2, 0.25) is 0 Å². The zero-order chi connectivity index (χ0) is 19.2. The molecule has 27 heavy (non-hydrogen) atoms. The van der Waals surface area contributed by atoms with Gasteiger partial charge in [-0.15, -0.1) is 0 Å². The summed E-state index contributed by atoms with van der Waals surface area (Å²) in [5.41, 5.74) is 2.24. The number of hydrogen-bond acceptors (Lipinski definition) is 5. The molecule has 1 heterocycles. The Morgan fingerprint density at radius 1 is 1.15 bits per heavy atom. The van der Waals surface area contributed by atoms with Gasteiger partial charge in [-0.3, -0.25) is 9.59 Å². The highest BCUT2D eigenvalue weighted by atomic mass is 16.5. The molecule has 0 aliphatic carbocycles. The average molecular weight is 368 g/mol. The number of aliphatic hydroxyl groups excluding tert-OH is 1. The van der Waals surface area contributed by atoms with Gasteiger partial charge in [-0.25, -0.2) is 4.79 Å². The summed E-state index contributed by atoms with van der Waals surface area (Å²) in [6.07, 6.45) is 1.36. The summed E-state index contributed by atoms with van der Waals surface area (Å²) >= 11 is 0. The Morgan fingerprint density at radius 3 is 2.59 bits per heavy atom. The summed E-state index contributed by atoms with van der Waals surface area (Å²) in [5, 5.41) is 11.7. The highest BCUT2D eigenvalue weighted by molar-refractivity contribution is 5.98. The molecule has 0 aromatic heterocycles. The van der Waals surface area contributed by atoms with Gasteiger partial charge in [-0.1, -0.05) is 18.2 Å². The van der Waals surface area contributed by atoms with Crippen LogP contribution < -0.4 is 10.2 Å². The molecule has 1 fully saturated rings. The molecule has 0 spiro atoms. The van der Waals surface area contributed by atoms with Crippen molar-refractivity contribution in [3.8, 4) is 0 Å². The first-order valence-corrected chi connectivity index (χ1v) is 8.64. The molecule has 0 saturated carbocycles. The third-order valence-electron chi connectivity index (χ3n) is 4.22. The largest absolute Gasteiger partial charge is 0.452 e. The van der Waals surface area contributed by atoms with E-state index in [0.29, 0.717) is 29.8 Å². The number of carbonyl (C=O) groups excluding carboxylic acids is 3. The van der Waals surface area contributed by atoms with Gasteiger partial charge in [0.25, 0.3) is 5.91 Å². The summed E-state index contributed by atoms with van der Waals surface area (Å²) in [5.74, 6) is -1.02. The Bertz CT molecular complexity index is 848. The van der Waals surface area contributed by atoms with Gasteiger partial charge < -0.3 is 20.1 Å². The lowest BCUT2D eigenvalue weighted by Crippen LogP contribution is -2.24. The fourth-order valence-corrected chi connectivity index (χ4v) is 2.83. The number of nitrogens with zero attached hydrogens (tertiary/aromatic N) is 1. The number of nitrogens with one attached hydrogen (secondary N) is 1. The van der Waals surface area contributed by atoms with E-state index in [1.807, 2.05) is 6.07 Å². The predicted molar refractivity (Wildman–Crippen MR) is 99.3 cm³/mol. The van der Waals surface area contributed by atoms with Gasteiger partial charge >= 0.3 is 5.97 Å². The van der Waals surface area contributed by atoms with E-state index in [2.05, 4.69) is 5.32 Å². The van der Waals surface area contributed by atoms with Gasteiger partial charge in [0, 0.05) is 24.3 Å². The van der Waals surface area contributed by atoms with Crippen LogP contribution in [-0.4, -0.2) is 36.0 Å². The van der Waals surface area contributed by atoms with Crippen molar-refractivity contribution in [3.63, 3.8) is 0 Å². The quantitative estimate of drug-likeness (QED) is 0.762. The number of amides is 2. The van der Waals surface area contributed by atoms with Crippen LogP contribution in [0.5, 0.6) is 0 Å². The van der Waals surface area contributed by atoms with Crippen LogP contribution in [0.4, 0.5) is 11.4 Å². The summed E-state index contributed by atoms with van der Waals surface area (Å²) in [4.78, 5) is 37.5. The summed E-state index contributed by atoms with van der Waals surface area (Å²) < 4.78 is 5.00. The van der Waals surface area contributed by atoms with Crippen molar-refractivity contribution < 1.29 is 24.2 Å².